The number of hydrogen-bond acceptors (Lipinski definition) is 5. The van der Waals surface area contributed by atoms with Gasteiger partial charge in [-0.2, -0.15) is 0 Å². The molecule has 1 aliphatic heterocycles. The minimum atomic E-state index is -3.77. The van der Waals surface area contributed by atoms with E-state index in [2.05, 4.69) is 5.32 Å². The van der Waals surface area contributed by atoms with E-state index in [0.29, 0.717) is 30.1 Å². The van der Waals surface area contributed by atoms with E-state index in [1.165, 1.54) is 7.11 Å². The third-order valence-electron chi connectivity index (χ3n) is 5.37. The first-order valence-corrected chi connectivity index (χ1v) is 12.4. The zero-order valence-corrected chi connectivity index (χ0v) is 19.2. The Morgan fingerprint density at radius 3 is 2.28 bits per heavy atom. The molecule has 0 spiro atoms. The van der Waals surface area contributed by atoms with Crippen molar-refractivity contribution in [1.82, 2.24) is 4.90 Å². The van der Waals surface area contributed by atoms with E-state index in [9.17, 15) is 18.0 Å². The highest BCUT2D eigenvalue weighted by atomic mass is 32.2. The number of ether oxygens (including phenoxy) is 1. The molecule has 0 atom stereocenters. The first kappa shape index (κ1) is 23.6. The van der Waals surface area contributed by atoms with Gasteiger partial charge in [-0.05, 0) is 37.1 Å². The third-order valence-corrected chi connectivity index (χ3v) is 6.49. The fraction of sp³-hybridized carbons (Fsp3) is 0.391. The number of carbonyl (C=O) groups is 2. The number of benzene rings is 2. The number of likely N-dealkylation sites (tertiary alicyclic amines) is 1. The Balaban J connectivity index is 1.81. The predicted octanol–water partition coefficient (Wildman–Crippen LogP) is 3.12. The lowest BCUT2D eigenvalue weighted by atomic mass is 10.1. The quantitative estimate of drug-likeness (QED) is 0.686. The van der Waals surface area contributed by atoms with E-state index in [4.69, 9.17) is 4.74 Å². The lowest BCUT2D eigenvalue weighted by Gasteiger charge is -2.24. The summed E-state index contributed by atoms with van der Waals surface area (Å²) in [6.07, 6.45) is 5.16. The van der Waals surface area contributed by atoms with Gasteiger partial charge in [-0.1, -0.05) is 37.1 Å². The number of carbonyl (C=O) groups excluding carboxylic acids is 2. The molecule has 1 aliphatic rings. The monoisotopic (exact) mass is 459 g/mol. The van der Waals surface area contributed by atoms with Gasteiger partial charge >= 0.3 is 0 Å². The highest BCUT2D eigenvalue weighted by Crippen LogP contribution is 2.29. The Labute approximate surface area is 189 Å². The van der Waals surface area contributed by atoms with Gasteiger partial charge in [-0.15, -0.1) is 0 Å². The van der Waals surface area contributed by atoms with Crippen LogP contribution in [0.2, 0.25) is 0 Å². The van der Waals surface area contributed by atoms with Crippen LogP contribution in [-0.4, -0.2) is 58.1 Å². The molecule has 2 aromatic carbocycles. The summed E-state index contributed by atoms with van der Waals surface area (Å²) in [5.74, 6) is -0.354. The second kappa shape index (κ2) is 10.5. The molecule has 2 aromatic rings. The van der Waals surface area contributed by atoms with Crippen molar-refractivity contribution in [3.63, 3.8) is 0 Å². The Kier molecular flexibility index (Phi) is 7.74. The molecule has 0 saturated carbocycles. The number of nitrogens with zero attached hydrogens (tertiary/aromatic N) is 2. The summed E-state index contributed by atoms with van der Waals surface area (Å²) in [5, 5.41) is 2.72. The minimum absolute atomic E-state index is 0.132. The summed E-state index contributed by atoms with van der Waals surface area (Å²) in [6.45, 7) is 0.930. The Morgan fingerprint density at radius 1 is 1.00 bits per heavy atom. The van der Waals surface area contributed by atoms with E-state index >= 15 is 0 Å². The molecule has 0 aromatic heterocycles. The number of nitrogens with one attached hydrogen (secondary N) is 1. The van der Waals surface area contributed by atoms with E-state index in [0.717, 1.165) is 36.2 Å². The third kappa shape index (κ3) is 5.79. The topological polar surface area (TPSA) is 96.0 Å². The summed E-state index contributed by atoms with van der Waals surface area (Å²) < 4.78 is 31.1. The second-order valence-electron chi connectivity index (χ2n) is 7.74. The van der Waals surface area contributed by atoms with Crippen LogP contribution in [0.1, 0.15) is 36.0 Å². The van der Waals surface area contributed by atoms with Gasteiger partial charge in [0.1, 0.15) is 12.3 Å². The van der Waals surface area contributed by atoms with Crippen LogP contribution < -0.4 is 14.4 Å². The number of amides is 2. The van der Waals surface area contributed by atoms with Crippen LogP contribution in [0.5, 0.6) is 5.75 Å². The molecule has 0 radical (unpaired) electrons. The summed E-state index contributed by atoms with van der Waals surface area (Å²) in [6, 6.07) is 13.4. The molecular weight excluding hydrogens is 430 g/mol. The number of para-hydroxylation sites is 3. The highest BCUT2D eigenvalue weighted by molar-refractivity contribution is 7.92. The zero-order chi connectivity index (χ0) is 23.1. The number of sulfonamides is 1. The van der Waals surface area contributed by atoms with Gasteiger partial charge in [0.25, 0.3) is 5.91 Å². The van der Waals surface area contributed by atoms with Crippen molar-refractivity contribution in [2.24, 2.45) is 0 Å². The summed E-state index contributed by atoms with van der Waals surface area (Å²) >= 11 is 0. The summed E-state index contributed by atoms with van der Waals surface area (Å²) in [5.41, 5.74) is 1.02. The largest absolute Gasteiger partial charge is 0.495 e. The fourth-order valence-corrected chi connectivity index (χ4v) is 4.62. The normalized spacial score (nSPS) is 14.4. The molecule has 9 heteroatoms. The Bertz CT molecular complexity index is 1060. The molecule has 0 unspecified atom stereocenters. The van der Waals surface area contributed by atoms with Crippen molar-refractivity contribution in [2.75, 3.05) is 42.6 Å². The van der Waals surface area contributed by atoms with Crippen molar-refractivity contribution in [3.8, 4) is 5.75 Å². The van der Waals surface area contributed by atoms with Gasteiger partial charge in [0.15, 0.2) is 0 Å². The number of rotatable bonds is 7. The lowest BCUT2D eigenvalue weighted by molar-refractivity contribution is -0.114. The molecule has 3 rings (SSSR count). The van der Waals surface area contributed by atoms with Crippen LogP contribution in [0.4, 0.5) is 11.4 Å². The Morgan fingerprint density at radius 2 is 1.62 bits per heavy atom. The lowest BCUT2D eigenvalue weighted by Crippen LogP contribution is -2.38. The van der Waals surface area contributed by atoms with Crippen LogP contribution in [0.3, 0.4) is 0 Å². The SMILES string of the molecule is COc1ccccc1N(CC(=O)Nc1ccccc1C(=O)N1CCCCCC1)S(C)(=O)=O. The first-order valence-electron chi connectivity index (χ1n) is 10.6. The van der Waals surface area contributed by atoms with Gasteiger partial charge in [0, 0.05) is 13.1 Å². The second-order valence-corrected chi connectivity index (χ2v) is 9.65. The smallest absolute Gasteiger partial charge is 0.255 e. The van der Waals surface area contributed by atoms with Gasteiger partial charge in [-0.25, -0.2) is 8.42 Å². The molecule has 0 aliphatic carbocycles. The highest BCUT2D eigenvalue weighted by Gasteiger charge is 2.25. The molecule has 1 saturated heterocycles. The van der Waals surface area contributed by atoms with Crippen LogP contribution in [-0.2, 0) is 14.8 Å². The summed E-state index contributed by atoms with van der Waals surface area (Å²) in [7, 11) is -2.33. The molecule has 1 heterocycles. The molecule has 1 fully saturated rings. The molecule has 1 N–H and O–H groups in total. The first-order chi connectivity index (χ1) is 15.3. The molecule has 32 heavy (non-hydrogen) atoms. The van der Waals surface area contributed by atoms with Crippen LogP contribution in [0.25, 0.3) is 0 Å². The van der Waals surface area contributed by atoms with E-state index in [1.54, 1.807) is 48.5 Å². The van der Waals surface area contributed by atoms with Crippen molar-refractivity contribution in [1.29, 1.82) is 0 Å². The van der Waals surface area contributed by atoms with E-state index in [1.807, 2.05) is 4.90 Å². The Hall–Kier alpha value is -3.07. The standard InChI is InChI=1S/C23H29N3O5S/c1-31-21-14-8-7-13-20(21)26(32(2,29)30)17-22(27)24-19-12-6-5-11-18(19)23(28)25-15-9-3-4-10-16-25/h5-8,11-14H,3-4,9-10,15-17H2,1-2H3,(H,24,27). The van der Waals surface area contributed by atoms with Crippen molar-refractivity contribution < 1.29 is 22.7 Å². The van der Waals surface area contributed by atoms with Crippen LogP contribution in [0, 0.1) is 0 Å². The van der Waals surface area contributed by atoms with Gasteiger partial charge < -0.3 is 15.0 Å². The summed E-state index contributed by atoms with van der Waals surface area (Å²) in [4.78, 5) is 27.8. The maximum atomic E-state index is 13.1. The molecular formula is C23H29N3O5S. The average Bonchev–Trinajstić information content (AvgIpc) is 3.06. The van der Waals surface area contributed by atoms with Crippen LogP contribution >= 0.6 is 0 Å². The average molecular weight is 460 g/mol. The van der Waals surface area contributed by atoms with Crippen molar-refractivity contribution in [3.05, 3.63) is 54.1 Å². The maximum Gasteiger partial charge on any atom is 0.255 e. The maximum absolute atomic E-state index is 13.1. The minimum Gasteiger partial charge on any atom is -0.495 e. The van der Waals surface area contributed by atoms with Gasteiger partial charge in [-0.3, -0.25) is 13.9 Å². The van der Waals surface area contributed by atoms with Crippen LogP contribution in [0.15, 0.2) is 48.5 Å². The number of hydrogen-bond donors (Lipinski definition) is 1. The van der Waals surface area contributed by atoms with E-state index in [-0.39, 0.29) is 11.6 Å². The predicted molar refractivity (Wildman–Crippen MR) is 125 cm³/mol. The molecule has 8 nitrogen and oxygen atoms in total. The zero-order valence-electron chi connectivity index (χ0n) is 18.4. The molecule has 0 bridgehead atoms. The number of methoxy groups -OCH3 is 1. The number of anilines is 2. The fourth-order valence-electron chi connectivity index (χ4n) is 3.76. The molecule has 2 amide bonds. The van der Waals surface area contributed by atoms with Gasteiger partial charge in [0.2, 0.25) is 15.9 Å². The molecule has 172 valence electrons. The van der Waals surface area contributed by atoms with Crippen molar-refractivity contribution in [2.45, 2.75) is 25.7 Å². The van der Waals surface area contributed by atoms with Crippen molar-refractivity contribution >= 4 is 33.2 Å². The van der Waals surface area contributed by atoms with E-state index < -0.39 is 22.5 Å². The van der Waals surface area contributed by atoms with Gasteiger partial charge in [0.05, 0.1) is 30.3 Å².